The molecular formula is C17H21N5OS3. The molecule has 2 N–H and O–H groups in total. The molecule has 0 radical (unpaired) electrons. The Morgan fingerprint density at radius 1 is 1.35 bits per heavy atom. The number of rotatable bonds is 6. The lowest BCUT2D eigenvalue weighted by atomic mass is 9.87. The van der Waals surface area contributed by atoms with Gasteiger partial charge in [-0.1, -0.05) is 37.4 Å². The van der Waals surface area contributed by atoms with Gasteiger partial charge in [-0.3, -0.25) is 4.79 Å². The molecule has 4 rings (SSSR count). The molecule has 26 heavy (non-hydrogen) atoms. The van der Waals surface area contributed by atoms with Crippen molar-refractivity contribution in [3.8, 4) is 0 Å². The maximum atomic E-state index is 11.2. The van der Waals surface area contributed by atoms with Crippen molar-refractivity contribution in [2.24, 2.45) is 5.73 Å². The van der Waals surface area contributed by atoms with Gasteiger partial charge >= 0.3 is 0 Å². The van der Waals surface area contributed by atoms with Crippen molar-refractivity contribution in [3.63, 3.8) is 0 Å². The first-order valence-corrected chi connectivity index (χ1v) is 11.6. The molecule has 0 bridgehead atoms. The van der Waals surface area contributed by atoms with E-state index in [9.17, 15) is 4.79 Å². The summed E-state index contributed by atoms with van der Waals surface area (Å²) in [5.41, 5.74) is 7.59. The number of aromatic nitrogens is 4. The lowest BCUT2D eigenvalue weighted by molar-refractivity contribution is -0.115. The van der Waals surface area contributed by atoms with Crippen LogP contribution in [0.1, 0.15) is 49.5 Å². The summed E-state index contributed by atoms with van der Waals surface area (Å²) < 4.78 is 2.02. The number of nitrogens with zero attached hydrogens (tertiary/aromatic N) is 4. The zero-order valence-corrected chi connectivity index (χ0v) is 17.3. The van der Waals surface area contributed by atoms with E-state index in [4.69, 9.17) is 10.7 Å². The van der Waals surface area contributed by atoms with Crippen molar-refractivity contribution in [2.75, 3.05) is 11.5 Å². The third-order valence-electron chi connectivity index (χ3n) is 4.56. The highest BCUT2D eigenvalue weighted by atomic mass is 32.2. The molecule has 138 valence electrons. The van der Waals surface area contributed by atoms with E-state index < -0.39 is 0 Å². The fourth-order valence-electron chi connectivity index (χ4n) is 3.45. The number of carbonyl (C=O) groups excluding carboxylic acids is 1. The number of fused-ring (bicyclic) bond motifs is 5. The molecule has 0 saturated carbocycles. The van der Waals surface area contributed by atoms with Crippen molar-refractivity contribution in [2.45, 2.75) is 55.8 Å². The largest absolute Gasteiger partial charge is 0.369 e. The number of carbonyl (C=O) groups is 1. The van der Waals surface area contributed by atoms with E-state index >= 15 is 0 Å². The Balaban J connectivity index is 1.95. The number of primary amides is 1. The molecule has 1 atom stereocenters. The quantitative estimate of drug-likeness (QED) is 0.493. The molecular weight excluding hydrogens is 386 g/mol. The first kappa shape index (κ1) is 18.1. The molecule has 1 aliphatic rings. The predicted molar refractivity (Wildman–Crippen MR) is 108 cm³/mol. The Kier molecular flexibility index (Phi) is 5.11. The van der Waals surface area contributed by atoms with Crippen LogP contribution in [-0.4, -0.2) is 37.0 Å². The van der Waals surface area contributed by atoms with E-state index in [1.54, 1.807) is 23.1 Å². The summed E-state index contributed by atoms with van der Waals surface area (Å²) >= 11 is 4.85. The monoisotopic (exact) mass is 407 g/mol. The minimum absolute atomic E-state index is 0.189. The Morgan fingerprint density at radius 3 is 2.96 bits per heavy atom. The Hall–Kier alpha value is -1.32. The second-order valence-electron chi connectivity index (χ2n) is 6.55. The van der Waals surface area contributed by atoms with E-state index in [-0.39, 0.29) is 11.7 Å². The molecule has 3 heterocycles. The van der Waals surface area contributed by atoms with Gasteiger partial charge in [-0.15, -0.1) is 21.5 Å². The van der Waals surface area contributed by atoms with Gasteiger partial charge in [-0.2, -0.15) is 0 Å². The van der Waals surface area contributed by atoms with Crippen molar-refractivity contribution in [1.29, 1.82) is 0 Å². The minimum Gasteiger partial charge on any atom is -0.369 e. The summed E-state index contributed by atoms with van der Waals surface area (Å²) in [5, 5.41) is 11.6. The molecule has 6 nitrogen and oxygen atoms in total. The average molecular weight is 408 g/mol. The standard InChI is InChI=1S/C17H21N5OS3/c1-3-7-24-16-19-15-13(12-9(2)5-4-6-10(12)26-15)14-20-21-17(22(14)16)25-8-11(18)23/h9H,3-8H2,1-2H3,(H2,18,23). The van der Waals surface area contributed by atoms with E-state index in [1.165, 1.54) is 35.0 Å². The van der Waals surface area contributed by atoms with Gasteiger partial charge in [0.25, 0.3) is 0 Å². The van der Waals surface area contributed by atoms with Crippen molar-refractivity contribution in [3.05, 3.63) is 10.4 Å². The van der Waals surface area contributed by atoms with E-state index in [0.717, 1.165) is 39.6 Å². The van der Waals surface area contributed by atoms with Gasteiger partial charge in [0.1, 0.15) is 4.83 Å². The highest BCUT2D eigenvalue weighted by Gasteiger charge is 2.27. The summed E-state index contributed by atoms with van der Waals surface area (Å²) in [6.45, 7) is 4.45. The van der Waals surface area contributed by atoms with Crippen LogP contribution in [0.3, 0.4) is 0 Å². The fraction of sp³-hybridized carbons (Fsp3) is 0.529. The van der Waals surface area contributed by atoms with Gasteiger partial charge in [0, 0.05) is 10.6 Å². The first-order chi connectivity index (χ1) is 12.6. The SMILES string of the molecule is CCCSc1nc2sc3c(c2c2nnc(SCC(N)=O)n12)C(C)CCC3. The number of amides is 1. The highest BCUT2D eigenvalue weighted by Crippen LogP contribution is 2.44. The van der Waals surface area contributed by atoms with Gasteiger partial charge in [0.2, 0.25) is 5.91 Å². The van der Waals surface area contributed by atoms with Crippen molar-refractivity contribution >= 4 is 56.6 Å². The smallest absolute Gasteiger partial charge is 0.227 e. The molecule has 0 aliphatic heterocycles. The molecule has 0 fully saturated rings. The molecule has 3 aromatic heterocycles. The molecule has 1 amide bonds. The second kappa shape index (κ2) is 7.36. The third kappa shape index (κ3) is 3.10. The van der Waals surface area contributed by atoms with Gasteiger partial charge in [0.05, 0.1) is 11.1 Å². The molecule has 1 aliphatic carbocycles. The van der Waals surface area contributed by atoms with Crippen molar-refractivity contribution < 1.29 is 4.79 Å². The maximum Gasteiger partial charge on any atom is 0.227 e. The number of nitrogens with two attached hydrogens (primary N) is 1. The van der Waals surface area contributed by atoms with Crippen LogP contribution in [0.2, 0.25) is 0 Å². The van der Waals surface area contributed by atoms with Gasteiger partial charge in [0.15, 0.2) is 16.0 Å². The number of hydrogen-bond acceptors (Lipinski definition) is 7. The Labute approximate surface area is 164 Å². The molecule has 3 aromatic rings. The van der Waals surface area contributed by atoms with Gasteiger partial charge in [-0.25, -0.2) is 9.38 Å². The Bertz CT molecular complexity index is 980. The molecule has 0 saturated heterocycles. The molecule has 1 unspecified atom stereocenters. The highest BCUT2D eigenvalue weighted by molar-refractivity contribution is 8.00. The summed E-state index contributed by atoms with van der Waals surface area (Å²) in [6, 6.07) is 0. The Morgan fingerprint density at radius 2 is 2.19 bits per heavy atom. The lowest BCUT2D eigenvalue weighted by Crippen LogP contribution is -2.13. The second-order valence-corrected chi connectivity index (χ2v) is 9.64. The van der Waals surface area contributed by atoms with E-state index in [1.807, 2.05) is 4.40 Å². The van der Waals surface area contributed by atoms with Gasteiger partial charge in [-0.05, 0) is 37.2 Å². The first-order valence-electron chi connectivity index (χ1n) is 8.84. The summed E-state index contributed by atoms with van der Waals surface area (Å²) in [6.07, 6.45) is 4.63. The van der Waals surface area contributed by atoms with Crippen LogP contribution in [0, 0.1) is 0 Å². The maximum absolute atomic E-state index is 11.2. The minimum atomic E-state index is -0.356. The van der Waals surface area contributed by atoms with Crippen LogP contribution < -0.4 is 5.73 Å². The summed E-state index contributed by atoms with van der Waals surface area (Å²) in [5.74, 6) is 1.33. The van der Waals surface area contributed by atoms with E-state index in [2.05, 4.69) is 24.0 Å². The summed E-state index contributed by atoms with van der Waals surface area (Å²) in [7, 11) is 0. The molecule has 0 spiro atoms. The topological polar surface area (TPSA) is 86.2 Å². The number of thioether (sulfide) groups is 2. The lowest BCUT2D eigenvalue weighted by Gasteiger charge is -2.18. The predicted octanol–water partition coefficient (Wildman–Crippen LogP) is 3.86. The van der Waals surface area contributed by atoms with Crippen LogP contribution in [0.15, 0.2) is 10.3 Å². The average Bonchev–Trinajstić information content (AvgIpc) is 3.19. The van der Waals surface area contributed by atoms with Crippen molar-refractivity contribution in [1.82, 2.24) is 19.6 Å². The third-order valence-corrected chi connectivity index (χ3v) is 7.82. The number of hydrogen-bond donors (Lipinski definition) is 1. The zero-order chi connectivity index (χ0) is 18.3. The van der Waals surface area contributed by atoms with Crippen LogP contribution in [-0.2, 0) is 11.2 Å². The number of thiophene rings is 1. The summed E-state index contributed by atoms with van der Waals surface area (Å²) in [4.78, 5) is 18.7. The van der Waals surface area contributed by atoms with E-state index in [0.29, 0.717) is 11.1 Å². The van der Waals surface area contributed by atoms with Crippen LogP contribution >= 0.6 is 34.9 Å². The van der Waals surface area contributed by atoms with Gasteiger partial charge < -0.3 is 5.73 Å². The number of aryl methyl sites for hydroxylation is 1. The zero-order valence-electron chi connectivity index (χ0n) is 14.8. The normalized spacial score (nSPS) is 17.1. The fourth-order valence-corrected chi connectivity index (χ4v) is 6.41. The molecule has 9 heteroatoms. The van der Waals surface area contributed by atoms with Crippen LogP contribution in [0.4, 0.5) is 0 Å². The van der Waals surface area contributed by atoms with Crippen LogP contribution in [0.5, 0.6) is 0 Å². The van der Waals surface area contributed by atoms with Crippen LogP contribution in [0.25, 0.3) is 15.9 Å². The molecule has 0 aromatic carbocycles.